The van der Waals surface area contributed by atoms with Crippen molar-refractivity contribution in [2.45, 2.75) is 37.5 Å². The molecule has 2 aliphatic rings. The van der Waals surface area contributed by atoms with Crippen LogP contribution in [0.3, 0.4) is 0 Å². The SMILES string of the molecule is OC1(C#Cc2ccc(N3CCN(c4ccccc4C(F)(F)F)CC3)nc2)CCCC1. The molecule has 0 bridgehead atoms. The summed E-state index contributed by atoms with van der Waals surface area (Å²) in [5.74, 6) is 6.76. The Morgan fingerprint density at radius 2 is 1.60 bits per heavy atom. The van der Waals surface area contributed by atoms with Gasteiger partial charge in [0, 0.05) is 43.6 Å². The van der Waals surface area contributed by atoms with Gasteiger partial charge in [-0.15, -0.1) is 0 Å². The summed E-state index contributed by atoms with van der Waals surface area (Å²) in [7, 11) is 0. The second kappa shape index (κ2) is 8.19. The molecule has 0 radical (unpaired) electrons. The van der Waals surface area contributed by atoms with Gasteiger partial charge in [-0.1, -0.05) is 24.0 Å². The van der Waals surface area contributed by atoms with E-state index in [1.54, 1.807) is 17.2 Å². The molecule has 1 N–H and O–H groups in total. The predicted octanol–water partition coefficient (Wildman–Crippen LogP) is 4.08. The molecule has 2 fully saturated rings. The topological polar surface area (TPSA) is 39.6 Å². The highest BCUT2D eigenvalue weighted by molar-refractivity contribution is 5.56. The van der Waals surface area contributed by atoms with E-state index in [4.69, 9.17) is 0 Å². The molecule has 4 nitrogen and oxygen atoms in total. The minimum Gasteiger partial charge on any atom is -0.378 e. The summed E-state index contributed by atoms with van der Waals surface area (Å²) >= 11 is 0. The Bertz CT molecular complexity index is 933. The zero-order valence-electron chi connectivity index (χ0n) is 16.6. The molecule has 2 heterocycles. The van der Waals surface area contributed by atoms with Crippen LogP contribution < -0.4 is 9.80 Å². The standard InChI is InChI=1S/C23H24F3N3O/c24-23(25,26)19-5-1-2-6-20(19)28-13-15-29(16-14-28)21-8-7-18(17-27-21)9-12-22(30)10-3-4-11-22/h1-2,5-8,17,30H,3-4,10-11,13-16H2. The van der Waals surface area contributed by atoms with E-state index in [1.165, 1.54) is 12.1 Å². The summed E-state index contributed by atoms with van der Waals surface area (Å²) < 4.78 is 39.9. The third-order valence-corrected chi connectivity index (χ3v) is 5.77. The zero-order chi connectivity index (χ0) is 21.2. The first-order valence-corrected chi connectivity index (χ1v) is 10.2. The first-order valence-electron chi connectivity index (χ1n) is 10.2. The van der Waals surface area contributed by atoms with E-state index < -0.39 is 17.3 Å². The minimum absolute atomic E-state index is 0.230. The van der Waals surface area contributed by atoms with E-state index in [0.29, 0.717) is 39.0 Å². The van der Waals surface area contributed by atoms with Gasteiger partial charge in [0.05, 0.1) is 5.56 Å². The van der Waals surface area contributed by atoms with E-state index in [9.17, 15) is 18.3 Å². The molecule has 1 aromatic carbocycles. The number of anilines is 2. The number of aromatic nitrogens is 1. The fraction of sp³-hybridized carbons (Fsp3) is 0.435. The smallest absolute Gasteiger partial charge is 0.378 e. The van der Waals surface area contributed by atoms with Crippen LogP contribution in [0.5, 0.6) is 0 Å². The van der Waals surface area contributed by atoms with Crippen LogP contribution in [-0.4, -0.2) is 41.9 Å². The van der Waals surface area contributed by atoms with Crippen LogP contribution in [0.1, 0.15) is 36.8 Å². The van der Waals surface area contributed by atoms with Crippen LogP contribution >= 0.6 is 0 Å². The number of hydrogen-bond donors (Lipinski definition) is 1. The number of benzene rings is 1. The van der Waals surface area contributed by atoms with Crippen LogP contribution in [0.4, 0.5) is 24.7 Å². The summed E-state index contributed by atoms with van der Waals surface area (Å²) in [6.45, 7) is 2.15. The number of alkyl halides is 3. The summed E-state index contributed by atoms with van der Waals surface area (Å²) in [6, 6.07) is 9.47. The highest BCUT2D eigenvalue weighted by Crippen LogP contribution is 2.36. The molecule has 1 aliphatic carbocycles. The maximum absolute atomic E-state index is 13.3. The van der Waals surface area contributed by atoms with Crippen molar-refractivity contribution in [3.05, 3.63) is 53.7 Å². The average Bonchev–Trinajstić information content (AvgIpc) is 3.19. The molecule has 2 aromatic rings. The number of halogens is 3. The maximum Gasteiger partial charge on any atom is 0.418 e. The first kappa shape index (κ1) is 20.5. The molecule has 1 saturated heterocycles. The zero-order valence-corrected chi connectivity index (χ0v) is 16.6. The van der Waals surface area contributed by atoms with E-state index in [-0.39, 0.29) is 5.69 Å². The Hall–Kier alpha value is -2.72. The van der Waals surface area contributed by atoms with E-state index in [1.807, 2.05) is 12.1 Å². The number of aliphatic hydroxyl groups is 1. The first-order chi connectivity index (χ1) is 14.3. The van der Waals surface area contributed by atoms with Gasteiger partial charge in [-0.3, -0.25) is 0 Å². The van der Waals surface area contributed by atoms with Crippen molar-refractivity contribution >= 4 is 11.5 Å². The van der Waals surface area contributed by atoms with Crippen molar-refractivity contribution in [1.82, 2.24) is 4.98 Å². The summed E-state index contributed by atoms with van der Waals surface area (Å²) in [5.41, 5.74) is -0.491. The fourth-order valence-electron chi connectivity index (χ4n) is 4.09. The quantitative estimate of drug-likeness (QED) is 0.751. The summed E-state index contributed by atoms with van der Waals surface area (Å²) in [6.07, 6.45) is 0.758. The lowest BCUT2D eigenvalue weighted by Crippen LogP contribution is -2.47. The van der Waals surface area contributed by atoms with Gasteiger partial charge >= 0.3 is 6.18 Å². The molecule has 1 aliphatic heterocycles. The number of nitrogens with zero attached hydrogens (tertiary/aromatic N) is 3. The normalized spacial score (nSPS) is 18.8. The second-order valence-corrected chi connectivity index (χ2v) is 7.88. The van der Waals surface area contributed by atoms with Gasteiger partial charge < -0.3 is 14.9 Å². The summed E-state index contributed by atoms with van der Waals surface area (Å²) in [5, 5.41) is 10.3. The number of hydrogen-bond acceptors (Lipinski definition) is 4. The fourth-order valence-corrected chi connectivity index (χ4v) is 4.09. The number of pyridine rings is 1. The van der Waals surface area contributed by atoms with Crippen LogP contribution in [0, 0.1) is 11.8 Å². The molecule has 4 rings (SSSR count). The van der Waals surface area contributed by atoms with Gasteiger partial charge in [-0.25, -0.2) is 4.98 Å². The third-order valence-electron chi connectivity index (χ3n) is 5.77. The second-order valence-electron chi connectivity index (χ2n) is 7.88. The van der Waals surface area contributed by atoms with Crippen LogP contribution in [0.2, 0.25) is 0 Å². The van der Waals surface area contributed by atoms with Gasteiger partial charge in [0.25, 0.3) is 0 Å². The van der Waals surface area contributed by atoms with Crippen molar-refractivity contribution in [3.63, 3.8) is 0 Å². The lowest BCUT2D eigenvalue weighted by molar-refractivity contribution is -0.137. The molecule has 1 saturated carbocycles. The third kappa shape index (κ3) is 4.54. The molecule has 0 spiro atoms. The largest absolute Gasteiger partial charge is 0.418 e. The number of piperazine rings is 1. The highest BCUT2D eigenvalue weighted by atomic mass is 19.4. The minimum atomic E-state index is -4.36. The molecule has 7 heteroatoms. The monoisotopic (exact) mass is 415 g/mol. The highest BCUT2D eigenvalue weighted by Gasteiger charge is 2.35. The lowest BCUT2D eigenvalue weighted by atomic mass is 10.0. The average molecular weight is 415 g/mol. The number of para-hydroxylation sites is 1. The molecule has 158 valence electrons. The van der Waals surface area contributed by atoms with E-state index in [0.717, 1.165) is 30.3 Å². The Morgan fingerprint density at radius 1 is 0.933 bits per heavy atom. The molecule has 0 unspecified atom stereocenters. The van der Waals surface area contributed by atoms with Gasteiger partial charge in [0.2, 0.25) is 0 Å². The van der Waals surface area contributed by atoms with Crippen molar-refractivity contribution in [2.75, 3.05) is 36.0 Å². The predicted molar refractivity (Wildman–Crippen MR) is 110 cm³/mol. The van der Waals surface area contributed by atoms with E-state index in [2.05, 4.69) is 21.7 Å². The van der Waals surface area contributed by atoms with Gasteiger partial charge in [-0.2, -0.15) is 13.2 Å². The van der Waals surface area contributed by atoms with Gasteiger partial charge in [0.15, 0.2) is 0 Å². The van der Waals surface area contributed by atoms with Crippen molar-refractivity contribution in [2.24, 2.45) is 0 Å². The Kier molecular flexibility index (Phi) is 5.61. The number of rotatable bonds is 2. The van der Waals surface area contributed by atoms with Crippen molar-refractivity contribution in [1.29, 1.82) is 0 Å². The lowest BCUT2D eigenvalue weighted by Gasteiger charge is -2.37. The van der Waals surface area contributed by atoms with Crippen molar-refractivity contribution in [3.8, 4) is 11.8 Å². The molecular formula is C23H24F3N3O. The Morgan fingerprint density at radius 3 is 2.23 bits per heavy atom. The molecular weight excluding hydrogens is 391 g/mol. The summed E-state index contributed by atoms with van der Waals surface area (Å²) in [4.78, 5) is 8.31. The van der Waals surface area contributed by atoms with Crippen LogP contribution in [-0.2, 0) is 6.18 Å². The van der Waals surface area contributed by atoms with Gasteiger partial charge in [0.1, 0.15) is 11.4 Å². The Labute approximate surface area is 174 Å². The molecule has 0 amide bonds. The Balaban J connectivity index is 1.40. The van der Waals surface area contributed by atoms with Gasteiger partial charge in [-0.05, 0) is 49.9 Å². The van der Waals surface area contributed by atoms with Crippen LogP contribution in [0.15, 0.2) is 42.6 Å². The molecule has 0 atom stereocenters. The molecule has 30 heavy (non-hydrogen) atoms. The molecule has 1 aromatic heterocycles. The van der Waals surface area contributed by atoms with Crippen molar-refractivity contribution < 1.29 is 18.3 Å². The maximum atomic E-state index is 13.3. The van der Waals surface area contributed by atoms with Crippen LogP contribution in [0.25, 0.3) is 0 Å². The van der Waals surface area contributed by atoms with E-state index >= 15 is 0 Å².